The largest absolute Gasteiger partial charge is 0.493 e. The zero-order chi connectivity index (χ0) is 19.8. The highest BCUT2D eigenvalue weighted by molar-refractivity contribution is 5.79. The van der Waals surface area contributed by atoms with Crippen LogP contribution in [0.4, 0.5) is 0 Å². The van der Waals surface area contributed by atoms with E-state index in [0.717, 1.165) is 38.1 Å². The van der Waals surface area contributed by atoms with E-state index in [2.05, 4.69) is 12.1 Å². The number of hydrogen-bond acceptors (Lipinski definition) is 4. The standard InChI is InChI=1S/C23H29NO4/c1-26-21-9-8-20(14-22(21)27-2)15-23(25)24-12-10-19(11-13-24)17-28-16-18-6-4-3-5-7-18/h3-9,14,19H,10-13,15-17H2,1-2H3. The van der Waals surface area contributed by atoms with Gasteiger partial charge in [-0.25, -0.2) is 0 Å². The second-order valence-corrected chi connectivity index (χ2v) is 7.19. The molecule has 1 aliphatic heterocycles. The molecule has 0 aromatic heterocycles. The van der Waals surface area contributed by atoms with Gasteiger partial charge >= 0.3 is 0 Å². The quantitative estimate of drug-likeness (QED) is 0.697. The molecule has 2 aromatic carbocycles. The summed E-state index contributed by atoms with van der Waals surface area (Å²) in [4.78, 5) is 14.6. The van der Waals surface area contributed by atoms with Gasteiger partial charge in [0.05, 0.1) is 27.2 Å². The van der Waals surface area contributed by atoms with E-state index in [1.807, 2.05) is 41.3 Å². The Labute approximate surface area is 167 Å². The number of amides is 1. The van der Waals surface area contributed by atoms with Crippen molar-refractivity contribution in [2.24, 2.45) is 5.92 Å². The number of nitrogens with zero attached hydrogens (tertiary/aromatic N) is 1. The van der Waals surface area contributed by atoms with E-state index in [1.165, 1.54) is 5.56 Å². The fourth-order valence-corrected chi connectivity index (χ4v) is 3.54. The van der Waals surface area contributed by atoms with Gasteiger partial charge in [-0.1, -0.05) is 36.4 Å². The van der Waals surface area contributed by atoms with Gasteiger partial charge in [-0.3, -0.25) is 4.79 Å². The molecule has 150 valence electrons. The SMILES string of the molecule is COc1ccc(CC(=O)N2CCC(COCc3ccccc3)CC2)cc1OC. The highest BCUT2D eigenvalue weighted by Crippen LogP contribution is 2.28. The number of ether oxygens (including phenoxy) is 3. The van der Waals surface area contributed by atoms with Gasteiger partial charge in [-0.05, 0) is 42.0 Å². The number of likely N-dealkylation sites (tertiary alicyclic amines) is 1. The number of piperidine rings is 1. The Balaban J connectivity index is 1.42. The first-order valence-corrected chi connectivity index (χ1v) is 9.80. The Morgan fingerprint density at radius 2 is 1.68 bits per heavy atom. The molecule has 3 rings (SSSR count). The Hall–Kier alpha value is -2.53. The van der Waals surface area contributed by atoms with Crippen LogP contribution in [0.15, 0.2) is 48.5 Å². The summed E-state index contributed by atoms with van der Waals surface area (Å²) in [5, 5.41) is 0. The minimum Gasteiger partial charge on any atom is -0.493 e. The van der Waals surface area contributed by atoms with Gasteiger partial charge < -0.3 is 19.1 Å². The summed E-state index contributed by atoms with van der Waals surface area (Å²) >= 11 is 0. The number of carbonyl (C=O) groups is 1. The van der Waals surface area contributed by atoms with Crippen LogP contribution >= 0.6 is 0 Å². The van der Waals surface area contributed by atoms with Crippen molar-refractivity contribution >= 4 is 5.91 Å². The summed E-state index contributed by atoms with van der Waals surface area (Å²) in [6, 6.07) is 15.9. The molecule has 28 heavy (non-hydrogen) atoms. The van der Waals surface area contributed by atoms with Gasteiger partial charge in [0.1, 0.15) is 0 Å². The first-order chi connectivity index (χ1) is 13.7. The molecule has 0 N–H and O–H groups in total. The molecule has 0 atom stereocenters. The van der Waals surface area contributed by atoms with Crippen LogP contribution in [0.3, 0.4) is 0 Å². The van der Waals surface area contributed by atoms with E-state index in [4.69, 9.17) is 14.2 Å². The summed E-state index contributed by atoms with van der Waals surface area (Å²) in [5.74, 6) is 2.02. The number of methoxy groups -OCH3 is 2. The van der Waals surface area contributed by atoms with E-state index in [0.29, 0.717) is 30.4 Å². The maximum Gasteiger partial charge on any atom is 0.226 e. The third-order valence-electron chi connectivity index (χ3n) is 5.24. The molecule has 5 heteroatoms. The molecular formula is C23H29NO4. The average Bonchev–Trinajstić information content (AvgIpc) is 2.75. The van der Waals surface area contributed by atoms with Crippen molar-refractivity contribution in [2.75, 3.05) is 33.9 Å². The van der Waals surface area contributed by atoms with Crippen molar-refractivity contribution in [1.29, 1.82) is 0 Å². The van der Waals surface area contributed by atoms with Crippen LogP contribution in [0.25, 0.3) is 0 Å². The maximum atomic E-state index is 12.6. The van der Waals surface area contributed by atoms with Gasteiger partial charge in [0.15, 0.2) is 11.5 Å². The molecule has 1 saturated heterocycles. The molecule has 0 bridgehead atoms. The lowest BCUT2D eigenvalue weighted by molar-refractivity contribution is -0.132. The molecule has 1 aliphatic rings. The maximum absolute atomic E-state index is 12.6. The minimum atomic E-state index is 0.163. The number of benzene rings is 2. The van der Waals surface area contributed by atoms with Crippen molar-refractivity contribution < 1.29 is 19.0 Å². The molecule has 0 saturated carbocycles. The molecule has 0 unspecified atom stereocenters. The fraction of sp³-hybridized carbons (Fsp3) is 0.435. The average molecular weight is 383 g/mol. The smallest absolute Gasteiger partial charge is 0.226 e. The van der Waals surface area contributed by atoms with Crippen LogP contribution in [-0.2, 0) is 22.6 Å². The zero-order valence-corrected chi connectivity index (χ0v) is 16.7. The van der Waals surface area contributed by atoms with Crippen LogP contribution in [0.2, 0.25) is 0 Å². The molecule has 1 fully saturated rings. The number of carbonyl (C=O) groups excluding carboxylic acids is 1. The summed E-state index contributed by atoms with van der Waals surface area (Å²) in [6.45, 7) is 3.00. The summed E-state index contributed by atoms with van der Waals surface area (Å²) in [7, 11) is 3.21. The Bertz CT molecular complexity index is 754. The predicted octanol–water partition coefficient (Wildman–Crippen LogP) is 3.70. The predicted molar refractivity (Wildman–Crippen MR) is 109 cm³/mol. The van der Waals surface area contributed by atoms with Crippen molar-refractivity contribution in [3.8, 4) is 11.5 Å². The lowest BCUT2D eigenvalue weighted by Crippen LogP contribution is -2.40. The van der Waals surface area contributed by atoms with Crippen molar-refractivity contribution in [1.82, 2.24) is 4.90 Å². The Morgan fingerprint density at radius 3 is 2.36 bits per heavy atom. The molecule has 0 radical (unpaired) electrons. The third-order valence-corrected chi connectivity index (χ3v) is 5.24. The van der Waals surface area contributed by atoms with Crippen LogP contribution in [0, 0.1) is 5.92 Å². The number of hydrogen-bond donors (Lipinski definition) is 0. The Kier molecular flexibility index (Phi) is 7.31. The molecule has 2 aromatic rings. The van der Waals surface area contributed by atoms with Gasteiger partial charge in [-0.2, -0.15) is 0 Å². The third kappa shape index (κ3) is 5.49. The fourth-order valence-electron chi connectivity index (χ4n) is 3.54. The summed E-state index contributed by atoms with van der Waals surface area (Å²) < 4.78 is 16.4. The highest BCUT2D eigenvalue weighted by Gasteiger charge is 2.23. The number of rotatable bonds is 8. The van der Waals surface area contributed by atoms with Crippen molar-refractivity contribution in [2.45, 2.75) is 25.9 Å². The van der Waals surface area contributed by atoms with E-state index in [-0.39, 0.29) is 5.91 Å². The first kappa shape index (κ1) is 20.2. The minimum absolute atomic E-state index is 0.163. The lowest BCUT2D eigenvalue weighted by atomic mass is 9.97. The molecule has 0 spiro atoms. The van der Waals surface area contributed by atoms with Crippen LogP contribution in [0.1, 0.15) is 24.0 Å². The second-order valence-electron chi connectivity index (χ2n) is 7.19. The van der Waals surface area contributed by atoms with Crippen LogP contribution < -0.4 is 9.47 Å². The Morgan fingerprint density at radius 1 is 0.964 bits per heavy atom. The molecule has 1 amide bonds. The normalized spacial score (nSPS) is 14.7. The van der Waals surface area contributed by atoms with E-state index >= 15 is 0 Å². The lowest BCUT2D eigenvalue weighted by Gasteiger charge is -2.32. The van der Waals surface area contributed by atoms with Gasteiger partial charge in [0, 0.05) is 19.7 Å². The summed E-state index contributed by atoms with van der Waals surface area (Å²) in [6.07, 6.45) is 2.37. The van der Waals surface area contributed by atoms with Crippen molar-refractivity contribution in [3.63, 3.8) is 0 Å². The highest BCUT2D eigenvalue weighted by atomic mass is 16.5. The van der Waals surface area contributed by atoms with Crippen LogP contribution in [-0.4, -0.2) is 44.7 Å². The second kappa shape index (κ2) is 10.1. The van der Waals surface area contributed by atoms with E-state index in [9.17, 15) is 4.79 Å². The molecule has 1 heterocycles. The van der Waals surface area contributed by atoms with E-state index in [1.54, 1.807) is 14.2 Å². The van der Waals surface area contributed by atoms with Crippen molar-refractivity contribution in [3.05, 3.63) is 59.7 Å². The topological polar surface area (TPSA) is 48.0 Å². The van der Waals surface area contributed by atoms with E-state index < -0.39 is 0 Å². The van der Waals surface area contributed by atoms with Gasteiger partial charge in [0.25, 0.3) is 0 Å². The molecular weight excluding hydrogens is 354 g/mol. The molecule has 5 nitrogen and oxygen atoms in total. The van der Waals surface area contributed by atoms with Crippen LogP contribution in [0.5, 0.6) is 11.5 Å². The summed E-state index contributed by atoms with van der Waals surface area (Å²) in [5.41, 5.74) is 2.14. The monoisotopic (exact) mass is 383 g/mol. The van der Waals surface area contributed by atoms with Gasteiger partial charge in [0.2, 0.25) is 5.91 Å². The molecule has 0 aliphatic carbocycles. The zero-order valence-electron chi connectivity index (χ0n) is 16.7. The first-order valence-electron chi connectivity index (χ1n) is 9.80. The van der Waals surface area contributed by atoms with Gasteiger partial charge in [-0.15, -0.1) is 0 Å².